The molecule has 3 nitrogen and oxygen atoms in total. The molecule has 0 atom stereocenters. The fourth-order valence-electron chi connectivity index (χ4n) is 2.17. The van der Waals surface area contributed by atoms with Gasteiger partial charge in [0.1, 0.15) is 5.75 Å². The number of aromatic hydroxyl groups is 1. The van der Waals surface area contributed by atoms with Crippen molar-refractivity contribution in [3.63, 3.8) is 0 Å². The van der Waals surface area contributed by atoms with Crippen LogP contribution in [0, 0.1) is 12.8 Å². The van der Waals surface area contributed by atoms with Crippen LogP contribution >= 0.6 is 0 Å². The molecule has 1 aromatic rings. The summed E-state index contributed by atoms with van der Waals surface area (Å²) in [7, 11) is 1.81. The van der Waals surface area contributed by atoms with Gasteiger partial charge in [-0.3, -0.25) is 4.79 Å². The fraction of sp³-hybridized carbons (Fsp3) is 0.500. The van der Waals surface area contributed by atoms with Gasteiger partial charge in [-0.2, -0.15) is 0 Å². The quantitative estimate of drug-likeness (QED) is 0.871. The number of amides is 1. The summed E-state index contributed by atoms with van der Waals surface area (Å²) in [5.41, 5.74) is 1.36. The van der Waals surface area contributed by atoms with Crippen LogP contribution in [0.15, 0.2) is 18.2 Å². The number of rotatable bonds is 3. The van der Waals surface area contributed by atoms with Crippen molar-refractivity contribution < 1.29 is 9.90 Å². The molecule has 2 rings (SSSR count). The van der Waals surface area contributed by atoms with Crippen LogP contribution in [0.1, 0.15) is 35.2 Å². The summed E-state index contributed by atoms with van der Waals surface area (Å²) in [5, 5.41) is 9.77. The van der Waals surface area contributed by atoms with E-state index in [0.717, 1.165) is 12.1 Å². The number of carbonyl (C=O) groups is 1. The average molecular weight is 233 g/mol. The van der Waals surface area contributed by atoms with Gasteiger partial charge in [-0.1, -0.05) is 12.5 Å². The molecule has 3 heteroatoms. The molecule has 17 heavy (non-hydrogen) atoms. The predicted octanol–water partition coefficient (Wildman–Crippen LogP) is 2.57. The van der Waals surface area contributed by atoms with Crippen LogP contribution in [-0.2, 0) is 0 Å². The van der Waals surface area contributed by atoms with Gasteiger partial charge in [-0.05, 0) is 43.4 Å². The summed E-state index contributed by atoms with van der Waals surface area (Å²) in [6.45, 7) is 2.69. The van der Waals surface area contributed by atoms with E-state index in [2.05, 4.69) is 0 Å². The van der Waals surface area contributed by atoms with E-state index in [1.807, 2.05) is 13.0 Å². The minimum atomic E-state index is -0.0885. The molecule has 1 aliphatic carbocycles. The Hall–Kier alpha value is -1.51. The fourth-order valence-corrected chi connectivity index (χ4v) is 2.17. The second kappa shape index (κ2) is 4.78. The number of nitrogens with zero attached hydrogens (tertiary/aromatic N) is 1. The number of phenolic OH excluding ortho intramolecular Hbond substituents is 1. The summed E-state index contributed by atoms with van der Waals surface area (Å²) >= 11 is 0. The highest BCUT2D eigenvalue weighted by Crippen LogP contribution is 2.28. The minimum absolute atomic E-state index is 0.0791. The SMILES string of the molecule is Cc1ccc(C(=O)N(C)CC2CCC2)c(O)c1. The first-order valence-corrected chi connectivity index (χ1v) is 6.13. The number of carbonyl (C=O) groups excluding carboxylic acids is 1. The Kier molecular flexibility index (Phi) is 3.36. The predicted molar refractivity (Wildman–Crippen MR) is 67.1 cm³/mol. The molecule has 92 valence electrons. The van der Waals surface area contributed by atoms with E-state index in [4.69, 9.17) is 0 Å². The molecular weight excluding hydrogens is 214 g/mol. The first kappa shape index (κ1) is 12.0. The Morgan fingerprint density at radius 2 is 2.18 bits per heavy atom. The molecule has 1 N–H and O–H groups in total. The highest BCUT2D eigenvalue weighted by Gasteiger charge is 2.23. The van der Waals surface area contributed by atoms with E-state index in [0.29, 0.717) is 11.5 Å². The Morgan fingerprint density at radius 3 is 2.71 bits per heavy atom. The smallest absolute Gasteiger partial charge is 0.257 e. The molecule has 1 amide bonds. The van der Waals surface area contributed by atoms with Gasteiger partial charge in [-0.15, -0.1) is 0 Å². The van der Waals surface area contributed by atoms with Crippen LogP contribution in [0.2, 0.25) is 0 Å². The van der Waals surface area contributed by atoms with Crippen LogP contribution in [0.25, 0.3) is 0 Å². The average Bonchev–Trinajstić information content (AvgIpc) is 2.22. The molecule has 1 saturated carbocycles. The largest absolute Gasteiger partial charge is 0.507 e. The molecule has 0 bridgehead atoms. The second-order valence-electron chi connectivity index (χ2n) is 5.00. The first-order chi connectivity index (χ1) is 8.08. The van der Waals surface area contributed by atoms with Crippen molar-refractivity contribution in [2.45, 2.75) is 26.2 Å². The molecule has 1 fully saturated rings. The lowest BCUT2D eigenvalue weighted by Gasteiger charge is -2.30. The van der Waals surface area contributed by atoms with Crippen molar-refractivity contribution >= 4 is 5.91 Å². The summed E-state index contributed by atoms with van der Waals surface area (Å²) in [6, 6.07) is 5.18. The van der Waals surface area contributed by atoms with Crippen molar-refractivity contribution in [3.8, 4) is 5.75 Å². The number of benzene rings is 1. The maximum absolute atomic E-state index is 12.1. The summed E-state index contributed by atoms with van der Waals surface area (Å²) in [5.74, 6) is 0.640. The molecule has 0 radical (unpaired) electrons. The van der Waals surface area contributed by atoms with E-state index >= 15 is 0 Å². The highest BCUT2D eigenvalue weighted by atomic mass is 16.3. The molecule has 0 heterocycles. The van der Waals surface area contributed by atoms with Crippen LogP contribution in [-0.4, -0.2) is 29.5 Å². The molecule has 0 aromatic heterocycles. The van der Waals surface area contributed by atoms with Gasteiger partial charge < -0.3 is 10.0 Å². The molecule has 0 saturated heterocycles. The maximum Gasteiger partial charge on any atom is 0.257 e. The normalized spacial score (nSPS) is 15.4. The van der Waals surface area contributed by atoms with Crippen molar-refractivity contribution in [3.05, 3.63) is 29.3 Å². The lowest BCUT2D eigenvalue weighted by Crippen LogP contribution is -2.34. The van der Waals surface area contributed by atoms with E-state index in [1.54, 1.807) is 24.1 Å². The zero-order valence-corrected chi connectivity index (χ0v) is 10.4. The second-order valence-corrected chi connectivity index (χ2v) is 5.00. The van der Waals surface area contributed by atoms with E-state index in [1.165, 1.54) is 19.3 Å². The first-order valence-electron chi connectivity index (χ1n) is 6.13. The number of hydrogen-bond donors (Lipinski definition) is 1. The topological polar surface area (TPSA) is 40.5 Å². The lowest BCUT2D eigenvalue weighted by molar-refractivity contribution is 0.0742. The zero-order chi connectivity index (χ0) is 12.4. The van der Waals surface area contributed by atoms with E-state index in [9.17, 15) is 9.90 Å². The van der Waals surface area contributed by atoms with E-state index in [-0.39, 0.29) is 11.7 Å². The monoisotopic (exact) mass is 233 g/mol. The Labute approximate surface area is 102 Å². The van der Waals surface area contributed by atoms with E-state index < -0.39 is 0 Å². The standard InChI is InChI=1S/C14H19NO2/c1-10-6-7-12(13(16)8-10)14(17)15(2)9-11-4-3-5-11/h6-8,11,16H,3-5,9H2,1-2H3. The molecule has 0 spiro atoms. The van der Waals surface area contributed by atoms with Gasteiger partial charge in [0.2, 0.25) is 0 Å². The van der Waals surface area contributed by atoms with Gasteiger partial charge >= 0.3 is 0 Å². The summed E-state index contributed by atoms with van der Waals surface area (Å²) in [6.07, 6.45) is 3.72. The molecule has 0 unspecified atom stereocenters. The van der Waals surface area contributed by atoms with Gasteiger partial charge in [0.05, 0.1) is 5.56 Å². The Balaban J connectivity index is 2.07. The zero-order valence-electron chi connectivity index (χ0n) is 10.4. The Bertz CT molecular complexity index is 424. The number of phenols is 1. The summed E-state index contributed by atoms with van der Waals surface area (Å²) in [4.78, 5) is 13.8. The highest BCUT2D eigenvalue weighted by molar-refractivity contribution is 5.96. The van der Waals surface area contributed by atoms with Gasteiger partial charge in [0, 0.05) is 13.6 Å². The molecular formula is C14H19NO2. The molecule has 1 aromatic carbocycles. The number of aryl methyl sites for hydroxylation is 1. The minimum Gasteiger partial charge on any atom is -0.507 e. The van der Waals surface area contributed by atoms with Crippen LogP contribution < -0.4 is 0 Å². The lowest BCUT2D eigenvalue weighted by atomic mass is 9.85. The van der Waals surface area contributed by atoms with Crippen molar-refractivity contribution in [2.75, 3.05) is 13.6 Å². The van der Waals surface area contributed by atoms with Gasteiger partial charge in [0.15, 0.2) is 0 Å². The van der Waals surface area contributed by atoms with Crippen LogP contribution in [0.3, 0.4) is 0 Å². The van der Waals surface area contributed by atoms with Crippen molar-refractivity contribution in [2.24, 2.45) is 5.92 Å². The summed E-state index contributed by atoms with van der Waals surface area (Å²) < 4.78 is 0. The third-order valence-electron chi connectivity index (χ3n) is 3.49. The van der Waals surface area contributed by atoms with Gasteiger partial charge in [0.25, 0.3) is 5.91 Å². The van der Waals surface area contributed by atoms with Gasteiger partial charge in [-0.25, -0.2) is 0 Å². The molecule has 0 aliphatic heterocycles. The maximum atomic E-state index is 12.1. The van der Waals surface area contributed by atoms with Crippen LogP contribution in [0.4, 0.5) is 0 Å². The van der Waals surface area contributed by atoms with Crippen molar-refractivity contribution in [1.29, 1.82) is 0 Å². The van der Waals surface area contributed by atoms with Crippen molar-refractivity contribution in [1.82, 2.24) is 4.90 Å². The third kappa shape index (κ3) is 2.60. The molecule has 1 aliphatic rings. The van der Waals surface area contributed by atoms with Crippen LogP contribution in [0.5, 0.6) is 5.75 Å². The number of hydrogen-bond acceptors (Lipinski definition) is 2. The Morgan fingerprint density at radius 1 is 1.47 bits per heavy atom. The third-order valence-corrected chi connectivity index (χ3v) is 3.49.